The van der Waals surface area contributed by atoms with Crippen molar-refractivity contribution in [3.63, 3.8) is 0 Å². The first-order valence-electron chi connectivity index (χ1n) is 5.51. The van der Waals surface area contributed by atoms with Crippen LogP contribution in [0.25, 0.3) is 5.69 Å². The fourth-order valence-corrected chi connectivity index (χ4v) is 1.51. The summed E-state index contributed by atoms with van der Waals surface area (Å²) in [5.74, 6) is -1.89. The molecule has 19 heavy (non-hydrogen) atoms. The largest absolute Gasteiger partial charge is 0.395 e. The number of aromatic nitrogens is 2. The molecule has 0 saturated heterocycles. The Balaban J connectivity index is 2.23. The van der Waals surface area contributed by atoms with Gasteiger partial charge in [0.25, 0.3) is 5.91 Å². The van der Waals surface area contributed by atoms with Crippen molar-refractivity contribution in [2.24, 2.45) is 0 Å². The quantitative estimate of drug-likeness (QED) is 0.864. The predicted molar refractivity (Wildman–Crippen MR) is 62.9 cm³/mol. The second kappa shape index (κ2) is 5.57. The van der Waals surface area contributed by atoms with Gasteiger partial charge >= 0.3 is 0 Å². The van der Waals surface area contributed by atoms with Crippen LogP contribution in [0.5, 0.6) is 0 Å². The molecule has 2 aromatic rings. The minimum absolute atomic E-state index is 0.0441. The molecular weight excluding hydrogens is 256 g/mol. The molecule has 0 aliphatic rings. The summed E-state index contributed by atoms with van der Waals surface area (Å²) in [5, 5.41) is 14.9. The Morgan fingerprint density at radius 1 is 1.42 bits per heavy atom. The highest BCUT2D eigenvalue weighted by molar-refractivity contribution is 5.93. The van der Waals surface area contributed by atoms with Gasteiger partial charge in [-0.05, 0) is 12.1 Å². The van der Waals surface area contributed by atoms with E-state index in [0.717, 1.165) is 16.8 Å². The van der Waals surface area contributed by atoms with Crippen molar-refractivity contribution in [2.75, 3.05) is 13.2 Å². The van der Waals surface area contributed by atoms with Crippen molar-refractivity contribution in [1.82, 2.24) is 15.1 Å². The van der Waals surface area contributed by atoms with Crippen LogP contribution in [0.15, 0.2) is 30.6 Å². The standard InChI is InChI=1S/C12H11F2N3O2/c13-9-1-2-11(10(14)5-9)17-7-8(6-16-17)12(19)15-3-4-18/h1-2,5-7,18H,3-4H2,(H,15,19). The van der Waals surface area contributed by atoms with Crippen LogP contribution in [-0.2, 0) is 0 Å². The van der Waals surface area contributed by atoms with Gasteiger partial charge in [0.15, 0.2) is 5.82 Å². The lowest BCUT2D eigenvalue weighted by Crippen LogP contribution is -2.25. The first-order chi connectivity index (χ1) is 9.11. The van der Waals surface area contributed by atoms with E-state index in [2.05, 4.69) is 10.4 Å². The molecular formula is C12H11F2N3O2. The van der Waals surface area contributed by atoms with Gasteiger partial charge in [-0.3, -0.25) is 4.79 Å². The average Bonchev–Trinajstić information content (AvgIpc) is 2.85. The molecule has 1 aromatic heterocycles. The molecule has 5 nitrogen and oxygen atoms in total. The SMILES string of the molecule is O=C(NCCO)c1cnn(-c2ccc(F)cc2F)c1. The Bertz CT molecular complexity index is 598. The topological polar surface area (TPSA) is 67.2 Å². The molecule has 7 heteroatoms. The fraction of sp³-hybridized carbons (Fsp3) is 0.167. The van der Waals surface area contributed by atoms with Crippen molar-refractivity contribution >= 4 is 5.91 Å². The Morgan fingerprint density at radius 2 is 2.21 bits per heavy atom. The van der Waals surface area contributed by atoms with Gasteiger partial charge < -0.3 is 10.4 Å². The number of nitrogens with zero attached hydrogens (tertiary/aromatic N) is 2. The molecule has 2 rings (SSSR count). The first kappa shape index (κ1) is 13.2. The van der Waals surface area contributed by atoms with Crippen molar-refractivity contribution in [3.05, 3.63) is 47.8 Å². The summed E-state index contributed by atoms with van der Waals surface area (Å²) >= 11 is 0. The van der Waals surface area contributed by atoms with E-state index in [4.69, 9.17) is 5.11 Å². The summed E-state index contributed by atoms with van der Waals surface area (Å²) in [4.78, 5) is 11.6. The Kier molecular flexibility index (Phi) is 3.86. The lowest BCUT2D eigenvalue weighted by atomic mass is 10.3. The number of aliphatic hydroxyl groups excluding tert-OH is 1. The van der Waals surface area contributed by atoms with Gasteiger partial charge in [-0.15, -0.1) is 0 Å². The molecule has 1 amide bonds. The first-order valence-corrected chi connectivity index (χ1v) is 5.51. The number of benzene rings is 1. The Labute approximate surface area is 107 Å². The number of nitrogens with one attached hydrogen (secondary N) is 1. The van der Waals surface area contributed by atoms with Crippen LogP contribution in [-0.4, -0.2) is 33.9 Å². The number of hydrogen-bond acceptors (Lipinski definition) is 3. The maximum Gasteiger partial charge on any atom is 0.254 e. The van der Waals surface area contributed by atoms with E-state index in [0.29, 0.717) is 0 Å². The van der Waals surface area contributed by atoms with E-state index in [1.807, 2.05) is 0 Å². The molecule has 0 atom stereocenters. The molecule has 0 radical (unpaired) electrons. The molecule has 0 bridgehead atoms. The van der Waals surface area contributed by atoms with Crippen molar-refractivity contribution in [2.45, 2.75) is 0 Å². The third kappa shape index (κ3) is 2.94. The lowest BCUT2D eigenvalue weighted by Gasteiger charge is -2.02. The van der Waals surface area contributed by atoms with Crippen LogP contribution in [0.1, 0.15) is 10.4 Å². The van der Waals surface area contributed by atoms with Gasteiger partial charge in [0.2, 0.25) is 0 Å². The van der Waals surface area contributed by atoms with E-state index in [-0.39, 0.29) is 24.4 Å². The molecule has 100 valence electrons. The van der Waals surface area contributed by atoms with Gasteiger partial charge in [0, 0.05) is 18.8 Å². The highest BCUT2D eigenvalue weighted by Gasteiger charge is 2.11. The number of rotatable bonds is 4. The second-order valence-corrected chi connectivity index (χ2v) is 3.75. The van der Waals surface area contributed by atoms with Crippen LogP contribution in [0.2, 0.25) is 0 Å². The smallest absolute Gasteiger partial charge is 0.254 e. The van der Waals surface area contributed by atoms with Crippen LogP contribution < -0.4 is 5.32 Å². The van der Waals surface area contributed by atoms with Gasteiger partial charge in [0.1, 0.15) is 11.5 Å². The molecule has 2 N–H and O–H groups in total. The minimum atomic E-state index is -0.773. The molecule has 0 spiro atoms. The van der Waals surface area contributed by atoms with E-state index in [1.165, 1.54) is 18.5 Å². The van der Waals surface area contributed by atoms with Gasteiger partial charge in [0.05, 0.1) is 18.4 Å². The summed E-state index contributed by atoms with van der Waals surface area (Å²) < 4.78 is 27.4. The molecule has 0 saturated carbocycles. The monoisotopic (exact) mass is 267 g/mol. The molecule has 1 heterocycles. The van der Waals surface area contributed by atoms with Gasteiger partial charge in [-0.2, -0.15) is 5.10 Å². The summed E-state index contributed by atoms with van der Waals surface area (Å²) in [6, 6.07) is 3.07. The maximum absolute atomic E-state index is 13.5. The third-order valence-electron chi connectivity index (χ3n) is 2.40. The summed E-state index contributed by atoms with van der Waals surface area (Å²) in [6.45, 7) is -0.0542. The number of halogens is 2. The number of carbonyl (C=O) groups excluding carboxylic acids is 1. The maximum atomic E-state index is 13.5. The zero-order valence-electron chi connectivity index (χ0n) is 9.81. The number of hydrogen-bond donors (Lipinski definition) is 2. The van der Waals surface area contributed by atoms with Crippen molar-refractivity contribution in [1.29, 1.82) is 0 Å². The van der Waals surface area contributed by atoms with Crippen LogP contribution in [0.4, 0.5) is 8.78 Å². The number of amides is 1. The Hall–Kier alpha value is -2.28. The summed E-state index contributed by atoms with van der Waals surface area (Å²) in [7, 11) is 0. The molecule has 0 fully saturated rings. The highest BCUT2D eigenvalue weighted by Crippen LogP contribution is 2.14. The normalized spacial score (nSPS) is 10.5. The summed E-state index contributed by atoms with van der Waals surface area (Å²) in [5.41, 5.74) is 0.264. The van der Waals surface area contributed by atoms with Crippen LogP contribution in [0, 0.1) is 11.6 Å². The molecule has 1 aromatic carbocycles. The predicted octanol–water partition coefficient (Wildman–Crippen LogP) is 0.873. The van der Waals surface area contributed by atoms with Crippen molar-refractivity contribution < 1.29 is 18.7 Å². The van der Waals surface area contributed by atoms with Crippen LogP contribution >= 0.6 is 0 Å². The third-order valence-corrected chi connectivity index (χ3v) is 2.40. The minimum Gasteiger partial charge on any atom is -0.395 e. The highest BCUT2D eigenvalue weighted by atomic mass is 19.1. The second-order valence-electron chi connectivity index (χ2n) is 3.75. The van der Waals surface area contributed by atoms with E-state index in [1.54, 1.807) is 0 Å². The number of carbonyl (C=O) groups is 1. The van der Waals surface area contributed by atoms with Crippen molar-refractivity contribution in [3.8, 4) is 5.69 Å². The molecule has 0 aliphatic carbocycles. The fourth-order valence-electron chi connectivity index (χ4n) is 1.51. The molecule has 0 aliphatic heterocycles. The zero-order valence-corrected chi connectivity index (χ0v) is 9.81. The lowest BCUT2D eigenvalue weighted by molar-refractivity contribution is 0.0944. The zero-order chi connectivity index (χ0) is 13.8. The van der Waals surface area contributed by atoms with E-state index in [9.17, 15) is 13.6 Å². The van der Waals surface area contributed by atoms with Gasteiger partial charge in [-0.1, -0.05) is 0 Å². The average molecular weight is 267 g/mol. The molecule has 0 unspecified atom stereocenters. The number of aliphatic hydroxyl groups is 1. The Morgan fingerprint density at radius 3 is 2.89 bits per heavy atom. The summed E-state index contributed by atoms with van der Waals surface area (Å²) in [6.07, 6.45) is 2.58. The van der Waals surface area contributed by atoms with E-state index >= 15 is 0 Å². The van der Waals surface area contributed by atoms with Crippen LogP contribution in [0.3, 0.4) is 0 Å². The van der Waals surface area contributed by atoms with Gasteiger partial charge in [-0.25, -0.2) is 13.5 Å². The van der Waals surface area contributed by atoms with E-state index < -0.39 is 17.5 Å².